The number of pyridine rings is 1. The van der Waals surface area contributed by atoms with Crippen LogP contribution in [0.15, 0.2) is 12.1 Å². The van der Waals surface area contributed by atoms with Crippen molar-refractivity contribution in [3.05, 3.63) is 29.7 Å². The molecule has 0 bridgehead atoms. The quantitative estimate of drug-likeness (QED) is 0.643. The second-order valence-corrected chi connectivity index (χ2v) is 4.81. The summed E-state index contributed by atoms with van der Waals surface area (Å²) in [6.45, 7) is 1.48. The van der Waals surface area contributed by atoms with Crippen molar-refractivity contribution in [3.63, 3.8) is 0 Å². The minimum absolute atomic E-state index is 0.158. The zero-order chi connectivity index (χ0) is 14.5. The van der Waals surface area contributed by atoms with E-state index < -0.39 is 23.9 Å². The Balaban J connectivity index is 2.07. The van der Waals surface area contributed by atoms with Crippen molar-refractivity contribution < 1.29 is 17.6 Å². The van der Waals surface area contributed by atoms with Crippen LogP contribution in [0.25, 0.3) is 11.3 Å². The van der Waals surface area contributed by atoms with Crippen molar-refractivity contribution in [2.45, 2.75) is 31.7 Å². The van der Waals surface area contributed by atoms with Crippen LogP contribution in [0.4, 0.5) is 17.6 Å². The molecule has 0 radical (unpaired) electrons. The van der Waals surface area contributed by atoms with E-state index in [4.69, 9.17) is 0 Å². The summed E-state index contributed by atoms with van der Waals surface area (Å²) in [5, 5.41) is 7.11. The molecule has 0 aliphatic heterocycles. The van der Waals surface area contributed by atoms with Gasteiger partial charge in [-0.05, 0) is 31.9 Å². The van der Waals surface area contributed by atoms with Crippen molar-refractivity contribution in [1.29, 1.82) is 0 Å². The Morgan fingerprint density at radius 2 is 1.95 bits per heavy atom. The van der Waals surface area contributed by atoms with Gasteiger partial charge in [0.25, 0.3) is 6.43 Å². The van der Waals surface area contributed by atoms with Gasteiger partial charge >= 0.3 is 0 Å². The molecule has 0 N–H and O–H groups in total. The van der Waals surface area contributed by atoms with E-state index >= 15 is 0 Å². The number of alkyl halides is 2. The molecule has 0 amide bonds. The Hall–Kier alpha value is -1.99. The molecular formula is C12H10F4N4. The first kappa shape index (κ1) is 13.0. The normalized spacial score (nSPS) is 16.7. The fraction of sp³-hybridized carbons (Fsp3) is 0.417. The summed E-state index contributed by atoms with van der Waals surface area (Å²) in [7, 11) is 0. The molecule has 1 fully saturated rings. The summed E-state index contributed by atoms with van der Waals surface area (Å²) in [4.78, 5) is 3.55. The van der Waals surface area contributed by atoms with Gasteiger partial charge in [-0.2, -0.15) is 8.78 Å². The van der Waals surface area contributed by atoms with Crippen LogP contribution in [0.1, 0.15) is 18.5 Å². The van der Waals surface area contributed by atoms with E-state index in [0.29, 0.717) is 4.68 Å². The fourth-order valence-corrected chi connectivity index (χ4v) is 2.15. The number of hydrogen-bond acceptors (Lipinski definition) is 3. The number of hydrogen-bond donors (Lipinski definition) is 0. The average Bonchev–Trinajstić information content (AvgIpc) is 3.10. The zero-order valence-electron chi connectivity index (χ0n) is 10.4. The molecule has 3 rings (SSSR count). The van der Waals surface area contributed by atoms with E-state index in [0.717, 1.165) is 6.07 Å². The monoisotopic (exact) mass is 286 g/mol. The Labute approximate surface area is 111 Å². The van der Waals surface area contributed by atoms with Crippen LogP contribution in [0.3, 0.4) is 0 Å². The maximum absolute atomic E-state index is 14.3. The van der Waals surface area contributed by atoms with Crippen LogP contribution < -0.4 is 0 Å². The van der Waals surface area contributed by atoms with Crippen molar-refractivity contribution >= 4 is 0 Å². The summed E-state index contributed by atoms with van der Waals surface area (Å²) in [6, 6.07) is 2.36. The van der Waals surface area contributed by atoms with Crippen molar-refractivity contribution in [2.24, 2.45) is 0 Å². The molecule has 0 saturated heterocycles. The smallest absolute Gasteiger partial charge is 0.224 e. The highest BCUT2D eigenvalue weighted by Crippen LogP contribution is 2.49. The van der Waals surface area contributed by atoms with E-state index in [1.165, 1.54) is 13.0 Å². The molecule has 2 aromatic rings. The molecule has 0 spiro atoms. The minimum Gasteiger partial charge on any atom is -0.224 e. The number of aromatic nitrogens is 4. The number of rotatable bonds is 3. The summed E-state index contributed by atoms with van der Waals surface area (Å²) >= 11 is 0. The highest BCUT2D eigenvalue weighted by Gasteiger charge is 2.55. The minimum atomic E-state index is -2.71. The van der Waals surface area contributed by atoms with Gasteiger partial charge in [-0.3, -0.25) is 0 Å². The molecule has 4 nitrogen and oxygen atoms in total. The largest absolute Gasteiger partial charge is 0.263 e. The Morgan fingerprint density at radius 3 is 2.50 bits per heavy atom. The second kappa shape index (κ2) is 4.26. The van der Waals surface area contributed by atoms with E-state index in [-0.39, 0.29) is 29.8 Å². The third-order valence-corrected chi connectivity index (χ3v) is 3.51. The molecule has 0 aromatic carbocycles. The van der Waals surface area contributed by atoms with Crippen molar-refractivity contribution in [1.82, 2.24) is 20.0 Å². The average molecular weight is 286 g/mol. The molecule has 20 heavy (non-hydrogen) atoms. The predicted molar refractivity (Wildman–Crippen MR) is 61.1 cm³/mol. The topological polar surface area (TPSA) is 43.6 Å². The van der Waals surface area contributed by atoms with Gasteiger partial charge in [-0.15, -0.1) is 5.10 Å². The zero-order valence-corrected chi connectivity index (χ0v) is 10.4. The summed E-state index contributed by atoms with van der Waals surface area (Å²) in [5.74, 6) is -1.65. The van der Waals surface area contributed by atoms with Gasteiger partial charge in [0.2, 0.25) is 11.9 Å². The summed E-state index contributed by atoms with van der Waals surface area (Å²) < 4.78 is 53.8. The Bertz CT molecular complexity index is 663. The molecule has 2 aromatic heterocycles. The lowest BCUT2D eigenvalue weighted by Crippen LogP contribution is -2.28. The van der Waals surface area contributed by atoms with Crippen LogP contribution in [0, 0.1) is 18.8 Å². The maximum Gasteiger partial charge on any atom is 0.263 e. The van der Waals surface area contributed by atoms with Gasteiger partial charge in [-0.1, -0.05) is 5.21 Å². The van der Waals surface area contributed by atoms with Gasteiger partial charge in [0.15, 0.2) is 5.69 Å². The molecular weight excluding hydrogens is 276 g/mol. The number of nitrogens with zero attached hydrogens (tertiary/aromatic N) is 4. The summed E-state index contributed by atoms with van der Waals surface area (Å²) in [5.41, 5.74) is -1.32. The van der Waals surface area contributed by atoms with Crippen LogP contribution >= 0.6 is 0 Å². The third-order valence-electron chi connectivity index (χ3n) is 3.51. The van der Waals surface area contributed by atoms with E-state index in [2.05, 4.69) is 15.3 Å². The number of aryl methyl sites for hydroxylation is 1. The van der Waals surface area contributed by atoms with Crippen LogP contribution in [0.5, 0.6) is 0 Å². The van der Waals surface area contributed by atoms with Crippen LogP contribution in [-0.2, 0) is 5.54 Å². The molecule has 1 aliphatic carbocycles. The SMILES string of the molecule is Cc1nc(F)ccc1-c1nnn(C2(C(F)F)CC2)c1F. The predicted octanol–water partition coefficient (Wildman–Crippen LogP) is 2.68. The van der Waals surface area contributed by atoms with Gasteiger partial charge in [0.05, 0.1) is 5.69 Å². The van der Waals surface area contributed by atoms with E-state index in [1.54, 1.807) is 0 Å². The Kier molecular flexibility index (Phi) is 2.77. The van der Waals surface area contributed by atoms with Crippen LogP contribution in [-0.4, -0.2) is 26.4 Å². The molecule has 0 unspecified atom stereocenters. The standard InChI is InChI=1S/C12H10F4N4/c1-6-7(2-3-8(13)17-6)9-10(14)20(19-18-9)12(4-5-12)11(15)16/h2-3,11H,4-5H2,1H3. The molecule has 8 heteroatoms. The van der Waals surface area contributed by atoms with Gasteiger partial charge in [0, 0.05) is 5.56 Å². The lowest BCUT2D eigenvalue weighted by atomic mass is 10.1. The highest BCUT2D eigenvalue weighted by molar-refractivity contribution is 5.60. The highest BCUT2D eigenvalue weighted by atomic mass is 19.3. The first-order chi connectivity index (χ1) is 9.45. The lowest BCUT2D eigenvalue weighted by Gasteiger charge is -2.13. The first-order valence-corrected chi connectivity index (χ1v) is 5.99. The molecule has 2 heterocycles. The fourth-order valence-electron chi connectivity index (χ4n) is 2.15. The van der Waals surface area contributed by atoms with E-state index in [1.807, 2.05) is 0 Å². The Morgan fingerprint density at radius 1 is 1.25 bits per heavy atom. The lowest BCUT2D eigenvalue weighted by molar-refractivity contribution is 0.0525. The molecule has 106 valence electrons. The first-order valence-electron chi connectivity index (χ1n) is 5.99. The molecule has 1 aliphatic rings. The van der Waals surface area contributed by atoms with Crippen molar-refractivity contribution in [2.75, 3.05) is 0 Å². The maximum atomic E-state index is 14.3. The summed E-state index contributed by atoms with van der Waals surface area (Å²) in [6.07, 6.45) is -2.39. The van der Waals surface area contributed by atoms with E-state index in [9.17, 15) is 17.6 Å². The van der Waals surface area contributed by atoms with Gasteiger partial charge < -0.3 is 0 Å². The van der Waals surface area contributed by atoms with Crippen LogP contribution in [0.2, 0.25) is 0 Å². The van der Waals surface area contributed by atoms with Gasteiger partial charge in [0.1, 0.15) is 5.54 Å². The second-order valence-electron chi connectivity index (χ2n) is 4.81. The van der Waals surface area contributed by atoms with Crippen molar-refractivity contribution in [3.8, 4) is 11.3 Å². The molecule has 1 saturated carbocycles. The molecule has 0 atom stereocenters. The number of halogens is 4. The van der Waals surface area contributed by atoms with Gasteiger partial charge in [-0.25, -0.2) is 18.4 Å². The third kappa shape index (κ3) is 1.78.